The maximum atomic E-state index is 14.4. The van der Waals surface area contributed by atoms with Gasteiger partial charge < -0.3 is 11.1 Å². The Morgan fingerprint density at radius 1 is 1.14 bits per heavy atom. The molecule has 0 aliphatic carbocycles. The summed E-state index contributed by atoms with van der Waals surface area (Å²) >= 11 is 6.24. The van der Waals surface area contributed by atoms with Gasteiger partial charge in [0.1, 0.15) is 17.1 Å². The normalized spacial score (nSPS) is 16.7. The van der Waals surface area contributed by atoms with E-state index in [1.54, 1.807) is 49.6 Å². The van der Waals surface area contributed by atoms with Crippen LogP contribution in [0.25, 0.3) is 16.9 Å². The van der Waals surface area contributed by atoms with Gasteiger partial charge in [-0.1, -0.05) is 29.8 Å². The topological polar surface area (TPSA) is 112 Å². The second-order valence-corrected chi connectivity index (χ2v) is 9.30. The van der Waals surface area contributed by atoms with Gasteiger partial charge in [-0.05, 0) is 48.4 Å². The molecule has 6 rings (SSSR count). The van der Waals surface area contributed by atoms with Crippen molar-refractivity contribution < 1.29 is 13.6 Å². The second kappa shape index (κ2) is 8.31. The van der Waals surface area contributed by atoms with Crippen molar-refractivity contribution >= 4 is 40.0 Å². The van der Waals surface area contributed by atoms with Gasteiger partial charge in [0.2, 0.25) is 5.91 Å². The zero-order chi connectivity index (χ0) is 25.9. The highest BCUT2D eigenvalue weighted by atomic mass is 35.5. The first-order chi connectivity index (χ1) is 17.8. The molecule has 1 amide bonds. The molecule has 0 spiro atoms. The van der Waals surface area contributed by atoms with Gasteiger partial charge >= 0.3 is 0 Å². The van der Waals surface area contributed by atoms with Gasteiger partial charge in [0.05, 0.1) is 16.8 Å². The summed E-state index contributed by atoms with van der Waals surface area (Å²) in [5.41, 5.74) is 7.51. The molecule has 0 bridgehead atoms. The summed E-state index contributed by atoms with van der Waals surface area (Å²) in [6.45, 7) is 1.74. The minimum absolute atomic E-state index is 0.00364. The summed E-state index contributed by atoms with van der Waals surface area (Å²) in [5.74, 6) is -1.74. The number of hydrogen-bond acceptors (Lipinski definition) is 6. The Morgan fingerprint density at radius 3 is 2.76 bits per heavy atom. The number of fused-ring (bicyclic) bond motifs is 2. The first kappa shape index (κ1) is 23.0. The van der Waals surface area contributed by atoms with Gasteiger partial charge in [-0.3, -0.25) is 9.78 Å². The fourth-order valence-corrected chi connectivity index (χ4v) is 4.90. The molecular formula is C26H18ClF2N7O. The number of aromatic nitrogens is 5. The fraction of sp³-hybridized carbons (Fsp3) is 0.115. The van der Waals surface area contributed by atoms with Crippen LogP contribution in [0.5, 0.6) is 0 Å². The molecule has 37 heavy (non-hydrogen) atoms. The van der Waals surface area contributed by atoms with E-state index >= 15 is 0 Å². The number of benzene rings is 2. The molecule has 3 aromatic heterocycles. The Hall–Kier alpha value is -4.44. The third-order valence-electron chi connectivity index (χ3n) is 6.65. The predicted molar refractivity (Wildman–Crippen MR) is 135 cm³/mol. The van der Waals surface area contributed by atoms with E-state index in [-0.39, 0.29) is 35.5 Å². The van der Waals surface area contributed by atoms with Crippen LogP contribution < -0.4 is 11.1 Å². The zero-order valence-electron chi connectivity index (χ0n) is 19.3. The van der Waals surface area contributed by atoms with Gasteiger partial charge in [-0.2, -0.15) is 19.7 Å². The number of amides is 1. The van der Waals surface area contributed by atoms with Crippen LogP contribution in [-0.4, -0.2) is 30.6 Å². The number of halogens is 3. The molecule has 2 aromatic carbocycles. The van der Waals surface area contributed by atoms with Crippen molar-refractivity contribution in [1.29, 1.82) is 0 Å². The van der Waals surface area contributed by atoms with Crippen molar-refractivity contribution in [2.24, 2.45) is 0 Å². The smallest absolute Gasteiger partial charge is 0.255 e. The first-order valence-corrected chi connectivity index (χ1v) is 11.7. The third kappa shape index (κ3) is 3.52. The van der Waals surface area contributed by atoms with Gasteiger partial charge in [0.25, 0.3) is 5.95 Å². The minimum Gasteiger partial charge on any atom is -0.383 e. The van der Waals surface area contributed by atoms with Gasteiger partial charge in [-0.25, -0.2) is 8.78 Å². The summed E-state index contributed by atoms with van der Waals surface area (Å²) in [4.78, 5) is 26.3. The lowest BCUT2D eigenvalue weighted by Crippen LogP contribution is -2.33. The molecule has 3 N–H and O–H groups in total. The Balaban J connectivity index is 1.50. The van der Waals surface area contributed by atoms with E-state index < -0.39 is 17.0 Å². The number of anilines is 2. The van der Waals surface area contributed by atoms with Crippen LogP contribution >= 0.6 is 11.6 Å². The van der Waals surface area contributed by atoms with Crippen molar-refractivity contribution in [3.05, 3.63) is 100.0 Å². The van der Waals surface area contributed by atoms with Crippen LogP contribution in [0, 0.1) is 11.6 Å². The van der Waals surface area contributed by atoms with Gasteiger partial charge in [-0.15, -0.1) is 0 Å². The average molecular weight is 518 g/mol. The number of nitrogens with two attached hydrogens (primary N) is 1. The number of nitrogens with zero attached hydrogens (tertiary/aromatic N) is 5. The lowest BCUT2D eigenvalue weighted by molar-refractivity contribution is -0.119. The minimum atomic E-state index is -1.13. The number of carbonyl (C=O) groups excluding carboxylic acids is 1. The Bertz CT molecular complexity index is 1720. The number of nitrogens with one attached hydrogen (secondary N) is 1. The van der Waals surface area contributed by atoms with Gasteiger partial charge in [0.15, 0.2) is 11.6 Å². The van der Waals surface area contributed by atoms with E-state index in [0.717, 1.165) is 6.07 Å². The number of hydrogen-bond donors (Lipinski definition) is 2. The van der Waals surface area contributed by atoms with Gasteiger partial charge in [0, 0.05) is 29.2 Å². The molecule has 0 radical (unpaired) electrons. The molecule has 0 saturated heterocycles. The van der Waals surface area contributed by atoms with E-state index in [2.05, 4.69) is 25.4 Å². The Labute approximate surface area is 214 Å². The van der Waals surface area contributed by atoms with E-state index in [9.17, 15) is 13.6 Å². The molecule has 1 aliphatic rings. The largest absolute Gasteiger partial charge is 0.383 e. The fourth-order valence-electron chi connectivity index (χ4n) is 4.72. The Kier molecular flexibility index (Phi) is 5.16. The molecular weight excluding hydrogens is 500 g/mol. The average Bonchev–Trinajstić information content (AvgIpc) is 3.37. The van der Waals surface area contributed by atoms with Crippen molar-refractivity contribution in [2.45, 2.75) is 18.8 Å². The molecule has 1 aliphatic heterocycles. The zero-order valence-corrected chi connectivity index (χ0v) is 20.1. The van der Waals surface area contributed by atoms with Crippen LogP contribution in [0.1, 0.15) is 29.3 Å². The predicted octanol–water partition coefficient (Wildman–Crippen LogP) is 4.57. The second-order valence-electron chi connectivity index (χ2n) is 8.86. The van der Waals surface area contributed by atoms with Crippen molar-refractivity contribution in [2.75, 3.05) is 11.1 Å². The van der Waals surface area contributed by atoms with Crippen LogP contribution in [0.15, 0.2) is 60.9 Å². The van der Waals surface area contributed by atoms with Crippen molar-refractivity contribution in [3.63, 3.8) is 0 Å². The molecule has 0 fully saturated rings. The molecule has 8 nitrogen and oxygen atoms in total. The van der Waals surface area contributed by atoms with E-state index in [0.29, 0.717) is 32.7 Å². The highest BCUT2D eigenvalue weighted by molar-refractivity contribution is 6.31. The summed E-state index contributed by atoms with van der Waals surface area (Å²) in [5, 5.41) is 8.48. The number of carbonyl (C=O) groups is 1. The summed E-state index contributed by atoms with van der Waals surface area (Å²) in [7, 11) is 0. The van der Waals surface area contributed by atoms with Crippen LogP contribution in [-0.2, 0) is 16.6 Å². The third-order valence-corrected chi connectivity index (χ3v) is 6.88. The van der Waals surface area contributed by atoms with Crippen molar-refractivity contribution in [3.8, 4) is 5.95 Å². The first-order valence-electron chi connectivity index (χ1n) is 11.3. The van der Waals surface area contributed by atoms with Crippen LogP contribution in [0.2, 0.25) is 5.02 Å². The number of pyridine rings is 1. The van der Waals surface area contributed by atoms with E-state index in [1.165, 1.54) is 16.8 Å². The summed E-state index contributed by atoms with van der Waals surface area (Å²) < 4.78 is 29.7. The lowest BCUT2D eigenvalue weighted by Gasteiger charge is -2.22. The number of nitrogen functional groups attached to an aromatic ring is 1. The maximum Gasteiger partial charge on any atom is 0.255 e. The number of rotatable bonds is 4. The van der Waals surface area contributed by atoms with E-state index in [4.69, 9.17) is 17.3 Å². The molecule has 1 atom stereocenters. The molecule has 4 heterocycles. The molecule has 1 unspecified atom stereocenters. The highest BCUT2D eigenvalue weighted by Crippen LogP contribution is 2.44. The summed E-state index contributed by atoms with van der Waals surface area (Å²) in [6, 6.07) is 12.6. The quantitative estimate of drug-likeness (QED) is 0.361. The van der Waals surface area contributed by atoms with E-state index in [1.807, 2.05) is 0 Å². The molecule has 184 valence electrons. The van der Waals surface area contributed by atoms with Crippen LogP contribution in [0.3, 0.4) is 0 Å². The van der Waals surface area contributed by atoms with Crippen molar-refractivity contribution in [1.82, 2.24) is 24.7 Å². The molecule has 5 aromatic rings. The standard InChI is InChI=1S/C26H18ClF2N7O/c1-26(14-5-3-9-31-12-14)20-22(30)32-25(34-23(20)33-24(26)37)36-19-8-7-15(27)11-16(19)18(35-36)10-13-4-2-6-17(28)21(13)29/h2-9,11-12H,10H2,1H3,(H3,30,32,33,34,37). The highest BCUT2D eigenvalue weighted by Gasteiger charge is 2.47. The SMILES string of the molecule is CC1(c2cccnc2)C(=O)Nc2nc(-n3nc(Cc4cccc(F)c4F)c4cc(Cl)ccc43)nc(N)c21. The summed E-state index contributed by atoms with van der Waals surface area (Å²) in [6.07, 6.45) is 3.22. The monoisotopic (exact) mass is 517 g/mol. The lowest BCUT2D eigenvalue weighted by atomic mass is 9.78. The maximum absolute atomic E-state index is 14.4. The van der Waals surface area contributed by atoms with Crippen LogP contribution in [0.4, 0.5) is 20.4 Å². The molecule has 11 heteroatoms. The Morgan fingerprint density at radius 2 is 1.97 bits per heavy atom. The molecule has 0 saturated carbocycles.